The largest absolute Gasteiger partial charge is 0.381 e. The van der Waals surface area contributed by atoms with E-state index in [2.05, 4.69) is 34.6 Å². The minimum absolute atomic E-state index is 0.452. The van der Waals surface area contributed by atoms with Crippen LogP contribution in [0.1, 0.15) is 18.4 Å². The second kappa shape index (κ2) is 5.04. The molecule has 0 bridgehead atoms. The third-order valence-electron chi connectivity index (χ3n) is 3.76. The molecule has 1 heterocycles. The van der Waals surface area contributed by atoms with Crippen molar-refractivity contribution in [2.24, 2.45) is 0 Å². The van der Waals surface area contributed by atoms with Crippen molar-refractivity contribution < 1.29 is 4.74 Å². The highest BCUT2D eigenvalue weighted by atomic mass is 16.5. The molecule has 18 heavy (non-hydrogen) atoms. The van der Waals surface area contributed by atoms with Gasteiger partial charge in [-0.2, -0.15) is 0 Å². The second-order valence-corrected chi connectivity index (χ2v) is 4.93. The molecule has 1 aliphatic carbocycles. The molecule has 3 rings (SSSR count). The quantitative estimate of drug-likeness (QED) is 0.894. The predicted molar refractivity (Wildman–Crippen MR) is 72.4 cm³/mol. The van der Waals surface area contributed by atoms with Gasteiger partial charge in [0, 0.05) is 37.5 Å². The Bertz CT molecular complexity index is 530. The van der Waals surface area contributed by atoms with Crippen LogP contribution < -0.4 is 5.32 Å². The summed E-state index contributed by atoms with van der Waals surface area (Å²) in [5.74, 6) is 0. The van der Waals surface area contributed by atoms with Crippen LogP contribution >= 0.6 is 0 Å². The molecule has 1 aliphatic rings. The number of ether oxygens (including phenoxy) is 1. The molecule has 0 unspecified atom stereocenters. The van der Waals surface area contributed by atoms with Gasteiger partial charge in [-0.05, 0) is 23.8 Å². The second-order valence-electron chi connectivity index (χ2n) is 4.93. The number of fused-ring (bicyclic) bond motifs is 1. The molecule has 2 aromatic rings. The number of methoxy groups -OCH3 is 1. The number of pyridine rings is 1. The van der Waals surface area contributed by atoms with Crippen LogP contribution in [0.5, 0.6) is 0 Å². The number of benzene rings is 1. The Morgan fingerprint density at radius 1 is 1.28 bits per heavy atom. The van der Waals surface area contributed by atoms with Crippen LogP contribution in [-0.4, -0.2) is 24.2 Å². The van der Waals surface area contributed by atoms with Crippen LogP contribution in [0.15, 0.2) is 36.7 Å². The number of nitrogens with zero attached hydrogens (tertiary/aromatic N) is 1. The van der Waals surface area contributed by atoms with Crippen molar-refractivity contribution in [3.05, 3.63) is 42.2 Å². The van der Waals surface area contributed by atoms with Crippen molar-refractivity contribution in [1.82, 2.24) is 10.3 Å². The maximum Gasteiger partial charge on any atom is 0.0601 e. The van der Waals surface area contributed by atoms with E-state index in [1.54, 1.807) is 7.11 Å². The van der Waals surface area contributed by atoms with Gasteiger partial charge in [0.2, 0.25) is 0 Å². The van der Waals surface area contributed by atoms with Gasteiger partial charge in [0.1, 0.15) is 0 Å². The molecule has 1 saturated carbocycles. The van der Waals surface area contributed by atoms with E-state index in [1.807, 2.05) is 12.4 Å². The highest BCUT2D eigenvalue weighted by Gasteiger charge is 2.28. The normalized spacial score (nSPS) is 22.9. The summed E-state index contributed by atoms with van der Waals surface area (Å²) in [5, 5.41) is 6.07. The van der Waals surface area contributed by atoms with Gasteiger partial charge in [-0.25, -0.2) is 0 Å². The van der Waals surface area contributed by atoms with E-state index in [-0.39, 0.29) is 0 Å². The summed E-state index contributed by atoms with van der Waals surface area (Å²) in [6, 6.07) is 8.99. The lowest BCUT2D eigenvalue weighted by Crippen LogP contribution is -2.44. The molecule has 1 aromatic heterocycles. The van der Waals surface area contributed by atoms with Crippen LogP contribution in [0.4, 0.5) is 0 Å². The number of hydrogen-bond acceptors (Lipinski definition) is 3. The molecule has 0 aliphatic heterocycles. The average molecular weight is 242 g/mol. The van der Waals surface area contributed by atoms with Crippen LogP contribution in [0.25, 0.3) is 10.8 Å². The van der Waals surface area contributed by atoms with Gasteiger partial charge in [0.25, 0.3) is 0 Å². The van der Waals surface area contributed by atoms with Crippen LogP contribution in [0.2, 0.25) is 0 Å². The monoisotopic (exact) mass is 242 g/mol. The first-order valence-corrected chi connectivity index (χ1v) is 6.44. The maximum atomic E-state index is 5.29. The summed E-state index contributed by atoms with van der Waals surface area (Å²) in [5.41, 5.74) is 1.27. The van der Waals surface area contributed by atoms with Crippen LogP contribution in [-0.2, 0) is 11.3 Å². The lowest BCUT2D eigenvalue weighted by molar-refractivity contribution is 0.0170. The molecule has 3 nitrogen and oxygen atoms in total. The minimum Gasteiger partial charge on any atom is -0.381 e. The van der Waals surface area contributed by atoms with Crippen LogP contribution in [0, 0.1) is 0 Å². The number of hydrogen-bond donors (Lipinski definition) is 1. The molecule has 94 valence electrons. The standard InChI is InChI=1S/C15H18N2O/c1-18-14-6-13(7-14)17-10-12-9-16-8-11-4-2-3-5-15(11)12/h2-5,8-9,13-14,17H,6-7,10H2,1H3. The zero-order valence-corrected chi connectivity index (χ0v) is 10.6. The Labute approximate surface area is 107 Å². The zero-order valence-electron chi connectivity index (χ0n) is 10.6. The van der Waals surface area contributed by atoms with Gasteiger partial charge in [-0.15, -0.1) is 0 Å². The topological polar surface area (TPSA) is 34.1 Å². The predicted octanol–water partition coefficient (Wildman–Crippen LogP) is 2.50. The summed E-state index contributed by atoms with van der Waals surface area (Å²) >= 11 is 0. The van der Waals surface area contributed by atoms with E-state index < -0.39 is 0 Å². The van der Waals surface area contributed by atoms with Crippen molar-refractivity contribution in [3.63, 3.8) is 0 Å². The first-order chi connectivity index (χ1) is 8.86. The number of rotatable bonds is 4. The van der Waals surface area contributed by atoms with Crippen molar-refractivity contribution >= 4 is 10.8 Å². The van der Waals surface area contributed by atoms with E-state index in [0.717, 1.165) is 19.4 Å². The fraction of sp³-hybridized carbons (Fsp3) is 0.400. The summed E-state index contributed by atoms with van der Waals surface area (Å²) < 4.78 is 5.29. The molecule has 1 fully saturated rings. The lowest BCUT2D eigenvalue weighted by atomic mass is 9.89. The van der Waals surface area contributed by atoms with E-state index in [9.17, 15) is 0 Å². The van der Waals surface area contributed by atoms with Gasteiger partial charge < -0.3 is 10.1 Å². The fourth-order valence-corrected chi connectivity index (χ4v) is 2.50. The van der Waals surface area contributed by atoms with Crippen molar-refractivity contribution in [2.75, 3.05) is 7.11 Å². The number of aromatic nitrogens is 1. The van der Waals surface area contributed by atoms with E-state index >= 15 is 0 Å². The highest BCUT2D eigenvalue weighted by molar-refractivity contribution is 5.84. The van der Waals surface area contributed by atoms with E-state index in [1.165, 1.54) is 16.3 Å². The lowest BCUT2D eigenvalue weighted by Gasteiger charge is -2.34. The smallest absolute Gasteiger partial charge is 0.0601 e. The van der Waals surface area contributed by atoms with Gasteiger partial charge in [-0.1, -0.05) is 24.3 Å². The zero-order chi connectivity index (χ0) is 12.4. The molecule has 0 atom stereocenters. The molecule has 0 spiro atoms. The Morgan fingerprint density at radius 2 is 2.11 bits per heavy atom. The summed E-state index contributed by atoms with van der Waals surface area (Å²) in [4.78, 5) is 4.30. The molecule has 0 radical (unpaired) electrons. The molecule has 1 aromatic carbocycles. The third-order valence-corrected chi connectivity index (χ3v) is 3.76. The average Bonchev–Trinajstić information content (AvgIpc) is 2.37. The van der Waals surface area contributed by atoms with Gasteiger partial charge in [0.15, 0.2) is 0 Å². The molecule has 0 saturated heterocycles. The van der Waals surface area contributed by atoms with E-state index in [0.29, 0.717) is 12.1 Å². The Hall–Kier alpha value is -1.45. The molecule has 1 N–H and O–H groups in total. The van der Waals surface area contributed by atoms with Crippen molar-refractivity contribution in [3.8, 4) is 0 Å². The number of nitrogens with one attached hydrogen (secondary N) is 1. The fourth-order valence-electron chi connectivity index (χ4n) is 2.50. The van der Waals surface area contributed by atoms with Gasteiger partial charge in [0.05, 0.1) is 6.10 Å². The van der Waals surface area contributed by atoms with Crippen LogP contribution in [0.3, 0.4) is 0 Å². The molecule has 3 heteroatoms. The summed E-state index contributed by atoms with van der Waals surface area (Å²) in [6.07, 6.45) is 6.57. The van der Waals surface area contributed by atoms with Gasteiger partial charge in [-0.3, -0.25) is 4.98 Å². The summed E-state index contributed by atoms with van der Waals surface area (Å²) in [6.45, 7) is 0.884. The third kappa shape index (κ3) is 2.24. The molecular formula is C15H18N2O. The van der Waals surface area contributed by atoms with E-state index in [4.69, 9.17) is 4.74 Å². The molecular weight excluding hydrogens is 224 g/mol. The minimum atomic E-state index is 0.452. The SMILES string of the molecule is COC1CC(NCc2cncc3ccccc23)C1. The maximum absolute atomic E-state index is 5.29. The Morgan fingerprint density at radius 3 is 2.94 bits per heavy atom. The first kappa shape index (κ1) is 11.6. The summed E-state index contributed by atoms with van der Waals surface area (Å²) in [7, 11) is 1.79. The van der Waals surface area contributed by atoms with Gasteiger partial charge >= 0.3 is 0 Å². The Balaban J connectivity index is 1.68. The molecule has 0 amide bonds. The first-order valence-electron chi connectivity index (χ1n) is 6.44. The Kier molecular flexibility index (Phi) is 3.26. The van der Waals surface area contributed by atoms with Crippen molar-refractivity contribution in [1.29, 1.82) is 0 Å². The van der Waals surface area contributed by atoms with Crippen molar-refractivity contribution in [2.45, 2.75) is 31.5 Å². The highest BCUT2D eigenvalue weighted by Crippen LogP contribution is 2.23.